The van der Waals surface area contributed by atoms with Gasteiger partial charge in [-0.3, -0.25) is 24.0 Å². The van der Waals surface area contributed by atoms with E-state index in [1.54, 1.807) is 19.9 Å². The maximum Gasteiger partial charge on any atom is 0.303 e. The molecule has 0 aromatic rings. The van der Waals surface area contributed by atoms with Crippen molar-refractivity contribution in [1.82, 2.24) is 0 Å². The molecule has 1 unspecified atom stereocenters. The molecule has 0 amide bonds. The van der Waals surface area contributed by atoms with Crippen molar-refractivity contribution in [1.29, 1.82) is 0 Å². The quantitative estimate of drug-likeness (QED) is 0.307. The van der Waals surface area contributed by atoms with Gasteiger partial charge in [0.2, 0.25) is 0 Å². The number of hydrogen-bond donors (Lipinski definition) is 0. The van der Waals surface area contributed by atoms with E-state index in [1.165, 1.54) is 20.8 Å². The fourth-order valence-electron chi connectivity index (χ4n) is 6.14. The molecule has 0 radical (unpaired) electrons. The predicted molar refractivity (Wildman–Crippen MR) is 110 cm³/mol. The summed E-state index contributed by atoms with van der Waals surface area (Å²) in [4.78, 5) is 61.7. The van der Waals surface area contributed by atoms with Crippen molar-refractivity contribution in [3.05, 3.63) is 11.6 Å². The van der Waals surface area contributed by atoms with Crippen molar-refractivity contribution >= 4 is 29.7 Å². The molecule has 2 bridgehead atoms. The third-order valence-corrected chi connectivity index (χ3v) is 7.62. The van der Waals surface area contributed by atoms with Crippen molar-refractivity contribution in [2.24, 2.45) is 10.8 Å². The number of Topliss-reactive ketones (excluding diaryl/α,β-unsaturated/α-hetero) is 1. The van der Waals surface area contributed by atoms with Gasteiger partial charge < -0.3 is 28.4 Å². The van der Waals surface area contributed by atoms with Crippen molar-refractivity contribution in [3.8, 4) is 0 Å². The molecule has 1 spiro atoms. The highest BCUT2D eigenvalue weighted by molar-refractivity contribution is 6.01. The summed E-state index contributed by atoms with van der Waals surface area (Å²) in [6, 6.07) is 0. The molecule has 11 nitrogen and oxygen atoms in total. The first-order chi connectivity index (χ1) is 15.8. The van der Waals surface area contributed by atoms with Crippen LogP contribution in [0.5, 0.6) is 0 Å². The van der Waals surface area contributed by atoms with Gasteiger partial charge in [0.1, 0.15) is 18.3 Å². The zero-order chi connectivity index (χ0) is 25.2. The SMILES string of the molecule is CC(=O)OC[C@]12[C@H](OC(C)=O)C(=O)C(C)=C[C@H]1OC1[C@H](OC(C)=O)[C@@H](OC(C)=O)[C@@]2(C)[C@]12CO2. The number of ether oxygens (including phenoxy) is 6. The molecule has 186 valence electrons. The van der Waals surface area contributed by atoms with E-state index in [9.17, 15) is 24.0 Å². The van der Waals surface area contributed by atoms with Gasteiger partial charge in [0.25, 0.3) is 0 Å². The van der Waals surface area contributed by atoms with E-state index in [1.807, 2.05) is 0 Å². The number of carbonyl (C=O) groups is 5. The highest BCUT2D eigenvalue weighted by Gasteiger charge is 2.89. The van der Waals surface area contributed by atoms with E-state index < -0.39 is 83.2 Å². The number of fused-ring (bicyclic) bond motifs is 2. The number of carbonyl (C=O) groups excluding carboxylic acids is 5. The molecule has 4 aliphatic rings. The van der Waals surface area contributed by atoms with Crippen molar-refractivity contribution in [3.63, 3.8) is 0 Å². The Balaban J connectivity index is 2.00. The first-order valence-corrected chi connectivity index (χ1v) is 11.0. The van der Waals surface area contributed by atoms with Gasteiger partial charge in [-0.05, 0) is 18.6 Å². The first-order valence-electron chi connectivity index (χ1n) is 11.0. The fourth-order valence-corrected chi connectivity index (χ4v) is 6.14. The summed E-state index contributed by atoms with van der Waals surface area (Å²) in [5.74, 6) is -3.17. The molecular formula is C23H28O11. The number of ketones is 1. The predicted octanol–water partition coefficient (Wildman–Crippen LogP) is 0.416. The highest BCUT2D eigenvalue weighted by Crippen LogP contribution is 2.72. The average molecular weight is 480 g/mol. The number of hydrogen-bond acceptors (Lipinski definition) is 11. The van der Waals surface area contributed by atoms with Crippen LogP contribution in [0.3, 0.4) is 0 Å². The van der Waals surface area contributed by atoms with E-state index in [0.29, 0.717) is 5.57 Å². The van der Waals surface area contributed by atoms with Gasteiger partial charge in [-0.25, -0.2) is 0 Å². The van der Waals surface area contributed by atoms with Crippen LogP contribution in [0.4, 0.5) is 0 Å². The Morgan fingerprint density at radius 2 is 1.59 bits per heavy atom. The van der Waals surface area contributed by atoms with Crippen LogP contribution >= 0.6 is 0 Å². The molecule has 11 heteroatoms. The molecule has 3 fully saturated rings. The minimum Gasteiger partial charge on any atom is -0.465 e. The maximum absolute atomic E-state index is 13.4. The van der Waals surface area contributed by atoms with Crippen LogP contribution in [0, 0.1) is 10.8 Å². The molecule has 34 heavy (non-hydrogen) atoms. The molecule has 2 aliphatic heterocycles. The van der Waals surface area contributed by atoms with Gasteiger partial charge in [-0.2, -0.15) is 0 Å². The second-order valence-corrected chi connectivity index (χ2v) is 9.49. The van der Waals surface area contributed by atoms with E-state index in [0.717, 1.165) is 6.92 Å². The first kappa shape index (κ1) is 24.3. The van der Waals surface area contributed by atoms with Crippen molar-refractivity contribution in [2.75, 3.05) is 13.2 Å². The summed E-state index contributed by atoms with van der Waals surface area (Å²) >= 11 is 0. The summed E-state index contributed by atoms with van der Waals surface area (Å²) in [6.45, 7) is 7.79. The Morgan fingerprint density at radius 3 is 2.09 bits per heavy atom. The molecule has 0 aromatic heterocycles. The normalized spacial score (nSPS) is 41.8. The molecule has 0 N–H and O–H groups in total. The largest absolute Gasteiger partial charge is 0.465 e. The Labute approximate surface area is 196 Å². The van der Waals surface area contributed by atoms with Crippen LogP contribution < -0.4 is 0 Å². The topological polar surface area (TPSA) is 144 Å². The molecule has 0 aromatic carbocycles. The van der Waals surface area contributed by atoms with Gasteiger partial charge >= 0.3 is 23.9 Å². The van der Waals surface area contributed by atoms with Gasteiger partial charge in [0.05, 0.1) is 23.5 Å². The Kier molecular flexibility index (Phi) is 5.64. The van der Waals surface area contributed by atoms with Gasteiger partial charge in [0, 0.05) is 27.7 Å². The number of epoxide rings is 1. The summed E-state index contributed by atoms with van der Waals surface area (Å²) in [6.07, 6.45) is -3.86. The average Bonchev–Trinajstić information content (AvgIpc) is 3.50. The molecule has 4 rings (SSSR count). The molecular weight excluding hydrogens is 452 g/mol. The smallest absolute Gasteiger partial charge is 0.303 e. The van der Waals surface area contributed by atoms with Gasteiger partial charge in [-0.15, -0.1) is 0 Å². The summed E-state index contributed by atoms with van der Waals surface area (Å²) in [5, 5.41) is 0. The molecule has 1 saturated carbocycles. The second kappa shape index (κ2) is 7.88. The Morgan fingerprint density at radius 1 is 1.00 bits per heavy atom. The van der Waals surface area contributed by atoms with Crippen LogP contribution in [-0.4, -0.2) is 79.0 Å². The zero-order valence-electron chi connectivity index (χ0n) is 19.9. The van der Waals surface area contributed by atoms with Gasteiger partial charge in [0.15, 0.2) is 24.1 Å². The van der Waals surface area contributed by atoms with Crippen molar-refractivity contribution in [2.45, 2.75) is 77.7 Å². The van der Waals surface area contributed by atoms with Crippen molar-refractivity contribution < 1.29 is 52.4 Å². The van der Waals surface area contributed by atoms with E-state index in [4.69, 9.17) is 28.4 Å². The Bertz CT molecular complexity index is 995. The second-order valence-electron chi connectivity index (χ2n) is 9.49. The van der Waals surface area contributed by atoms with E-state index >= 15 is 0 Å². The lowest BCUT2D eigenvalue weighted by Gasteiger charge is -2.59. The summed E-state index contributed by atoms with van der Waals surface area (Å²) in [5.41, 5.74) is -3.75. The molecule has 2 aliphatic carbocycles. The summed E-state index contributed by atoms with van der Waals surface area (Å²) < 4.78 is 34.7. The number of rotatable bonds is 5. The van der Waals surface area contributed by atoms with E-state index in [-0.39, 0.29) is 6.61 Å². The van der Waals surface area contributed by atoms with Crippen LogP contribution in [-0.2, 0) is 52.4 Å². The van der Waals surface area contributed by atoms with Crippen LogP contribution in [0.15, 0.2) is 11.6 Å². The highest BCUT2D eigenvalue weighted by atomic mass is 16.7. The molecule has 2 heterocycles. The monoisotopic (exact) mass is 480 g/mol. The molecule has 8 atom stereocenters. The lowest BCUT2D eigenvalue weighted by atomic mass is 9.50. The minimum atomic E-state index is -1.55. The summed E-state index contributed by atoms with van der Waals surface area (Å²) in [7, 11) is 0. The lowest BCUT2D eigenvalue weighted by molar-refractivity contribution is -0.261. The maximum atomic E-state index is 13.4. The van der Waals surface area contributed by atoms with Crippen LogP contribution in [0.25, 0.3) is 0 Å². The fraction of sp³-hybridized carbons (Fsp3) is 0.696. The zero-order valence-corrected chi connectivity index (χ0v) is 19.9. The third-order valence-electron chi connectivity index (χ3n) is 7.62. The molecule has 2 saturated heterocycles. The van der Waals surface area contributed by atoms with E-state index in [2.05, 4.69) is 0 Å². The number of esters is 4. The van der Waals surface area contributed by atoms with Gasteiger partial charge in [-0.1, -0.05) is 6.92 Å². The minimum absolute atomic E-state index is 0.141. The van der Waals surface area contributed by atoms with Crippen LogP contribution in [0.2, 0.25) is 0 Å². The third kappa shape index (κ3) is 3.13. The Hall–Kier alpha value is -2.79. The lowest BCUT2D eigenvalue weighted by Crippen LogP contribution is -2.73. The standard InChI is InChI=1S/C23H28O11/c1-10-7-15-22(8-29-11(2)24,18(16(10)28)32-13(4)26)21(6)19(33-14(5)27)17(31-12(3)25)20(34-15)23(21)9-30-23/h7,15,17-20H,8-9H2,1-6H3/t15-,17-,18-,19-,20?,21-,22-,23+/m1/s1. The van der Waals surface area contributed by atoms with Crippen LogP contribution in [0.1, 0.15) is 41.5 Å².